The Morgan fingerprint density at radius 2 is 2.08 bits per heavy atom. The Bertz CT molecular complexity index is 1130. The van der Waals surface area contributed by atoms with E-state index < -0.39 is 0 Å². The molecule has 0 saturated heterocycles. The first kappa shape index (κ1) is 16.1. The van der Waals surface area contributed by atoms with Gasteiger partial charge in [0.2, 0.25) is 0 Å². The second-order valence-electron chi connectivity index (χ2n) is 6.14. The highest BCUT2D eigenvalue weighted by molar-refractivity contribution is 6.07. The number of anilines is 1. The molecule has 7 heteroatoms. The third-order valence-electron chi connectivity index (χ3n) is 4.51. The lowest BCUT2D eigenvalue weighted by Gasteiger charge is -2.22. The molecule has 0 aliphatic heterocycles. The number of hydrogen-bond acceptors (Lipinski definition) is 5. The van der Waals surface area contributed by atoms with Crippen LogP contribution < -0.4 is 4.90 Å². The number of carbonyl (C=O) groups excluding carboxylic acids is 1. The van der Waals surface area contributed by atoms with Crippen molar-refractivity contribution >= 4 is 28.3 Å². The molecule has 1 aromatic carbocycles. The number of fused-ring (bicyclic) bond motifs is 3. The van der Waals surface area contributed by atoms with Crippen molar-refractivity contribution in [1.82, 2.24) is 24.6 Å². The summed E-state index contributed by atoms with van der Waals surface area (Å²) in [6, 6.07) is 7.41. The number of pyridine rings is 1. The van der Waals surface area contributed by atoms with Gasteiger partial charge in [-0.25, -0.2) is 4.98 Å². The van der Waals surface area contributed by atoms with Crippen LogP contribution in [-0.4, -0.2) is 37.0 Å². The van der Waals surface area contributed by atoms with Crippen LogP contribution in [0.25, 0.3) is 16.7 Å². The second kappa shape index (κ2) is 6.18. The van der Waals surface area contributed by atoms with Crippen molar-refractivity contribution in [2.45, 2.75) is 20.8 Å². The summed E-state index contributed by atoms with van der Waals surface area (Å²) < 4.78 is 1.86. The summed E-state index contributed by atoms with van der Waals surface area (Å²) in [5, 5.41) is 8.07. The van der Waals surface area contributed by atoms with Crippen LogP contribution in [0.15, 0.2) is 43.0 Å². The zero-order valence-corrected chi connectivity index (χ0v) is 14.8. The van der Waals surface area contributed by atoms with E-state index in [1.54, 1.807) is 23.6 Å². The third kappa shape index (κ3) is 2.48. The van der Waals surface area contributed by atoms with Crippen molar-refractivity contribution in [3.63, 3.8) is 0 Å². The summed E-state index contributed by atoms with van der Waals surface area (Å²) >= 11 is 0. The monoisotopic (exact) mass is 346 g/mol. The molecule has 1 amide bonds. The maximum Gasteiger partial charge on any atom is 0.258 e. The molecule has 0 radical (unpaired) electrons. The van der Waals surface area contributed by atoms with Gasteiger partial charge in [0, 0.05) is 18.3 Å². The number of hydrogen-bond donors (Lipinski definition) is 0. The molecule has 0 atom stereocenters. The lowest BCUT2D eigenvalue weighted by atomic mass is 10.1. The molecule has 4 aromatic rings. The number of rotatable bonds is 3. The standard InChI is InChI=1S/C19H18N6O/c1-4-24(17-10-20-8-7-12(17)2)19(26)14-5-6-15-16(9-14)25-11-21-23-18(25)13(3)22-15/h5-11H,4H2,1-3H3. The average molecular weight is 346 g/mol. The van der Waals surface area contributed by atoms with Gasteiger partial charge >= 0.3 is 0 Å². The Balaban J connectivity index is 1.84. The number of amides is 1. The summed E-state index contributed by atoms with van der Waals surface area (Å²) in [6.45, 7) is 6.37. The molecule has 0 fully saturated rings. The van der Waals surface area contributed by atoms with E-state index in [4.69, 9.17) is 0 Å². The van der Waals surface area contributed by atoms with Gasteiger partial charge in [-0.1, -0.05) is 0 Å². The van der Waals surface area contributed by atoms with E-state index in [0.717, 1.165) is 28.0 Å². The van der Waals surface area contributed by atoms with Crippen molar-refractivity contribution in [1.29, 1.82) is 0 Å². The molecule has 3 heterocycles. The summed E-state index contributed by atoms with van der Waals surface area (Å²) in [4.78, 5) is 23.6. The molecule has 0 bridgehead atoms. The van der Waals surface area contributed by atoms with Crippen LogP contribution in [0, 0.1) is 13.8 Å². The van der Waals surface area contributed by atoms with Crippen LogP contribution in [-0.2, 0) is 0 Å². The lowest BCUT2D eigenvalue weighted by Crippen LogP contribution is -2.31. The quantitative estimate of drug-likeness (QED) is 0.570. The first-order valence-corrected chi connectivity index (χ1v) is 8.42. The number of nitrogens with zero attached hydrogens (tertiary/aromatic N) is 6. The fraction of sp³-hybridized carbons (Fsp3) is 0.211. The van der Waals surface area contributed by atoms with Gasteiger partial charge < -0.3 is 4.90 Å². The Morgan fingerprint density at radius 3 is 2.85 bits per heavy atom. The van der Waals surface area contributed by atoms with Crippen molar-refractivity contribution in [3.05, 3.63) is 59.8 Å². The van der Waals surface area contributed by atoms with E-state index in [0.29, 0.717) is 17.8 Å². The Morgan fingerprint density at radius 1 is 1.23 bits per heavy atom. The second-order valence-corrected chi connectivity index (χ2v) is 6.14. The van der Waals surface area contributed by atoms with Gasteiger partial charge in [-0.15, -0.1) is 10.2 Å². The summed E-state index contributed by atoms with van der Waals surface area (Å²) in [5.41, 5.74) is 5.51. The van der Waals surface area contributed by atoms with Crippen LogP contribution in [0.5, 0.6) is 0 Å². The number of aryl methyl sites for hydroxylation is 2. The van der Waals surface area contributed by atoms with E-state index in [-0.39, 0.29) is 5.91 Å². The van der Waals surface area contributed by atoms with Crippen LogP contribution in [0.1, 0.15) is 28.5 Å². The van der Waals surface area contributed by atoms with Gasteiger partial charge in [-0.05, 0) is 50.6 Å². The van der Waals surface area contributed by atoms with E-state index in [2.05, 4.69) is 20.2 Å². The third-order valence-corrected chi connectivity index (χ3v) is 4.51. The Kier molecular flexibility index (Phi) is 3.84. The maximum absolute atomic E-state index is 13.2. The highest BCUT2D eigenvalue weighted by Gasteiger charge is 2.19. The number of benzene rings is 1. The van der Waals surface area contributed by atoms with Crippen LogP contribution in [0.3, 0.4) is 0 Å². The topological polar surface area (TPSA) is 76.3 Å². The van der Waals surface area contributed by atoms with Gasteiger partial charge in [-0.3, -0.25) is 14.2 Å². The molecular formula is C19H18N6O. The predicted octanol–water partition coefficient (Wildman–Crippen LogP) is 2.96. The van der Waals surface area contributed by atoms with Crippen LogP contribution in [0.2, 0.25) is 0 Å². The molecule has 26 heavy (non-hydrogen) atoms. The minimum absolute atomic E-state index is 0.0766. The van der Waals surface area contributed by atoms with Gasteiger partial charge in [-0.2, -0.15) is 0 Å². The summed E-state index contributed by atoms with van der Waals surface area (Å²) in [5.74, 6) is -0.0766. The Hall–Kier alpha value is -3.35. The molecule has 0 N–H and O–H groups in total. The molecule has 4 rings (SSSR count). The number of aromatic nitrogens is 5. The molecule has 130 valence electrons. The minimum atomic E-state index is -0.0766. The lowest BCUT2D eigenvalue weighted by molar-refractivity contribution is 0.0988. The number of carbonyl (C=O) groups is 1. The summed E-state index contributed by atoms with van der Waals surface area (Å²) in [6.07, 6.45) is 5.09. The SMILES string of the molecule is CCN(C(=O)c1ccc2nc(C)c3nncn3c2c1)c1cnccc1C. The largest absolute Gasteiger partial charge is 0.307 e. The zero-order valence-electron chi connectivity index (χ0n) is 14.8. The predicted molar refractivity (Wildman–Crippen MR) is 99.3 cm³/mol. The fourth-order valence-corrected chi connectivity index (χ4v) is 3.15. The highest BCUT2D eigenvalue weighted by atomic mass is 16.2. The highest BCUT2D eigenvalue weighted by Crippen LogP contribution is 2.23. The van der Waals surface area contributed by atoms with Crippen molar-refractivity contribution in [2.24, 2.45) is 0 Å². The smallest absolute Gasteiger partial charge is 0.258 e. The zero-order chi connectivity index (χ0) is 18.3. The van der Waals surface area contributed by atoms with E-state index in [1.807, 2.05) is 49.4 Å². The van der Waals surface area contributed by atoms with Gasteiger partial charge in [0.05, 0.1) is 28.6 Å². The van der Waals surface area contributed by atoms with Crippen molar-refractivity contribution in [2.75, 3.05) is 11.4 Å². The molecule has 0 aliphatic rings. The van der Waals surface area contributed by atoms with E-state index in [1.165, 1.54) is 0 Å². The van der Waals surface area contributed by atoms with Gasteiger partial charge in [0.25, 0.3) is 5.91 Å². The molecule has 0 saturated carbocycles. The van der Waals surface area contributed by atoms with Gasteiger partial charge in [0.1, 0.15) is 6.33 Å². The fourth-order valence-electron chi connectivity index (χ4n) is 3.15. The summed E-state index contributed by atoms with van der Waals surface area (Å²) in [7, 11) is 0. The van der Waals surface area contributed by atoms with Crippen LogP contribution in [0.4, 0.5) is 5.69 Å². The first-order valence-electron chi connectivity index (χ1n) is 8.42. The van der Waals surface area contributed by atoms with E-state index in [9.17, 15) is 4.79 Å². The molecule has 0 aliphatic carbocycles. The molecule has 3 aromatic heterocycles. The van der Waals surface area contributed by atoms with Crippen LogP contribution >= 0.6 is 0 Å². The normalized spacial score (nSPS) is 11.2. The molecule has 0 unspecified atom stereocenters. The van der Waals surface area contributed by atoms with Gasteiger partial charge in [0.15, 0.2) is 5.65 Å². The van der Waals surface area contributed by atoms with Crippen molar-refractivity contribution in [3.8, 4) is 0 Å². The minimum Gasteiger partial charge on any atom is -0.307 e. The maximum atomic E-state index is 13.2. The first-order chi connectivity index (χ1) is 12.6. The molecule has 0 spiro atoms. The Labute approximate surface area is 150 Å². The molecule has 7 nitrogen and oxygen atoms in total. The van der Waals surface area contributed by atoms with Crippen molar-refractivity contribution < 1.29 is 4.79 Å². The van der Waals surface area contributed by atoms with E-state index >= 15 is 0 Å². The molecular weight excluding hydrogens is 328 g/mol. The average Bonchev–Trinajstić information content (AvgIpc) is 3.14.